The van der Waals surface area contributed by atoms with Crippen LogP contribution < -0.4 is 10.1 Å². The molecule has 0 bridgehead atoms. The van der Waals surface area contributed by atoms with Crippen molar-refractivity contribution in [2.75, 3.05) is 11.9 Å². The minimum atomic E-state index is 0.205. The van der Waals surface area contributed by atoms with Crippen LogP contribution in [0, 0.1) is 6.92 Å². The number of ether oxygens (including phenoxy) is 1. The molecule has 0 aliphatic rings. The molecular formula is C16H18BrNO2. The predicted molar refractivity (Wildman–Crippen MR) is 85.5 cm³/mol. The average molecular weight is 336 g/mol. The summed E-state index contributed by atoms with van der Waals surface area (Å²) in [4.78, 5) is 0. The second-order valence-electron chi connectivity index (χ2n) is 4.51. The first-order chi connectivity index (χ1) is 9.61. The molecule has 0 heterocycles. The van der Waals surface area contributed by atoms with Gasteiger partial charge in [0.25, 0.3) is 0 Å². The van der Waals surface area contributed by atoms with Crippen LogP contribution in [0.2, 0.25) is 0 Å². The van der Waals surface area contributed by atoms with Crippen LogP contribution in [-0.4, -0.2) is 11.7 Å². The van der Waals surface area contributed by atoms with Crippen LogP contribution in [0.1, 0.15) is 18.1 Å². The van der Waals surface area contributed by atoms with E-state index in [-0.39, 0.29) is 5.75 Å². The van der Waals surface area contributed by atoms with Gasteiger partial charge >= 0.3 is 0 Å². The zero-order chi connectivity index (χ0) is 14.5. The molecule has 2 N–H and O–H groups in total. The number of benzene rings is 2. The highest BCUT2D eigenvalue weighted by atomic mass is 79.9. The van der Waals surface area contributed by atoms with E-state index < -0.39 is 0 Å². The van der Waals surface area contributed by atoms with E-state index in [0.717, 1.165) is 21.3 Å². The minimum absolute atomic E-state index is 0.205. The fourth-order valence-corrected chi connectivity index (χ4v) is 2.47. The number of halogens is 1. The SMILES string of the molecule is CCOc1cccc(CNc2ccc(Br)cc2C)c1O. The van der Waals surface area contributed by atoms with Crippen molar-refractivity contribution in [1.29, 1.82) is 0 Å². The molecule has 2 rings (SSSR count). The molecule has 0 saturated carbocycles. The van der Waals surface area contributed by atoms with Crippen molar-refractivity contribution in [2.24, 2.45) is 0 Å². The van der Waals surface area contributed by atoms with Gasteiger partial charge in [-0.25, -0.2) is 0 Å². The van der Waals surface area contributed by atoms with Crippen molar-refractivity contribution >= 4 is 21.6 Å². The Hall–Kier alpha value is -1.68. The molecule has 20 heavy (non-hydrogen) atoms. The van der Waals surface area contributed by atoms with Crippen molar-refractivity contribution in [2.45, 2.75) is 20.4 Å². The van der Waals surface area contributed by atoms with Crippen molar-refractivity contribution in [3.05, 3.63) is 52.0 Å². The molecule has 0 radical (unpaired) electrons. The molecule has 0 spiro atoms. The monoisotopic (exact) mass is 335 g/mol. The van der Waals surface area contributed by atoms with Gasteiger partial charge in [-0.05, 0) is 43.7 Å². The number of hydrogen-bond donors (Lipinski definition) is 2. The van der Waals surface area contributed by atoms with Crippen LogP contribution >= 0.6 is 15.9 Å². The Bertz CT molecular complexity index is 599. The van der Waals surface area contributed by atoms with Gasteiger partial charge in [-0.15, -0.1) is 0 Å². The summed E-state index contributed by atoms with van der Waals surface area (Å²) in [5.41, 5.74) is 3.02. The van der Waals surface area contributed by atoms with Gasteiger partial charge in [0.1, 0.15) is 0 Å². The predicted octanol–water partition coefficient (Wildman–Crippen LogP) is 4.47. The summed E-state index contributed by atoms with van der Waals surface area (Å²) in [7, 11) is 0. The average Bonchev–Trinajstić information content (AvgIpc) is 2.42. The summed E-state index contributed by atoms with van der Waals surface area (Å²) in [6, 6.07) is 11.6. The van der Waals surface area contributed by atoms with Crippen LogP contribution in [0.25, 0.3) is 0 Å². The quantitative estimate of drug-likeness (QED) is 0.846. The lowest BCUT2D eigenvalue weighted by atomic mass is 10.1. The van der Waals surface area contributed by atoms with Crippen LogP contribution in [0.5, 0.6) is 11.5 Å². The Morgan fingerprint density at radius 2 is 2.05 bits per heavy atom. The highest BCUT2D eigenvalue weighted by Crippen LogP contribution is 2.30. The Balaban J connectivity index is 2.12. The molecule has 0 amide bonds. The maximum atomic E-state index is 10.1. The minimum Gasteiger partial charge on any atom is -0.504 e. The van der Waals surface area contributed by atoms with E-state index in [1.165, 1.54) is 0 Å². The van der Waals surface area contributed by atoms with Gasteiger partial charge in [0.15, 0.2) is 11.5 Å². The first kappa shape index (κ1) is 14.7. The van der Waals surface area contributed by atoms with Gasteiger partial charge in [0.2, 0.25) is 0 Å². The van der Waals surface area contributed by atoms with E-state index in [1.807, 2.05) is 38.1 Å². The third kappa shape index (κ3) is 3.45. The molecule has 2 aromatic rings. The molecule has 0 aromatic heterocycles. The lowest BCUT2D eigenvalue weighted by Crippen LogP contribution is -2.02. The van der Waals surface area contributed by atoms with Crippen molar-refractivity contribution in [3.8, 4) is 11.5 Å². The standard InChI is InChI=1S/C16H18BrNO2/c1-3-20-15-6-4-5-12(16(15)19)10-18-14-8-7-13(17)9-11(14)2/h4-9,18-19H,3,10H2,1-2H3. The summed E-state index contributed by atoms with van der Waals surface area (Å²) in [6.07, 6.45) is 0. The molecule has 0 saturated heterocycles. The molecular weight excluding hydrogens is 318 g/mol. The highest BCUT2D eigenvalue weighted by molar-refractivity contribution is 9.10. The van der Waals surface area contributed by atoms with Gasteiger partial charge in [-0.3, -0.25) is 0 Å². The summed E-state index contributed by atoms with van der Waals surface area (Å²) < 4.78 is 6.44. The van der Waals surface area contributed by atoms with Crippen LogP contribution in [0.4, 0.5) is 5.69 Å². The van der Waals surface area contributed by atoms with Gasteiger partial charge < -0.3 is 15.2 Å². The number of hydrogen-bond acceptors (Lipinski definition) is 3. The Morgan fingerprint density at radius 3 is 2.75 bits per heavy atom. The number of anilines is 1. The lowest BCUT2D eigenvalue weighted by Gasteiger charge is -2.13. The van der Waals surface area contributed by atoms with Gasteiger partial charge in [0.05, 0.1) is 6.61 Å². The maximum absolute atomic E-state index is 10.1. The number of aromatic hydroxyl groups is 1. The highest BCUT2D eigenvalue weighted by Gasteiger charge is 2.08. The number of aryl methyl sites for hydroxylation is 1. The molecule has 0 fully saturated rings. The summed E-state index contributed by atoms with van der Waals surface area (Å²) >= 11 is 3.45. The third-order valence-corrected chi connectivity index (χ3v) is 3.53. The largest absolute Gasteiger partial charge is 0.504 e. The van der Waals surface area contributed by atoms with E-state index in [0.29, 0.717) is 18.9 Å². The van der Waals surface area contributed by atoms with Crippen molar-refractivity contribution in [3.63, 3.8) is 0 Å². The zero-order valence-electron chi connectivity index (χ0n) is 11.6. The molecule has 3 nitrogen and oxygen atoms in total. The first-order valence-corrected chi connectivity index (χ1v) is 7.34. The van der Waals surface area contributed by atoms with Crippen LogP contribution in [0.3, 0.4) is 0 Å². The zero-order valence-corrected chi connectivity index (χ0v) is 13.2. The number of phenolic OH excluding ortho intramolecular Hbond substituents is 1. The van der Waals surface area contributed by atoms with Gasteiger partial charge in [0, 0.05) is 22.3 Å². The first-order valence-electron chi connectivity index (χ1n) is 6.55. The Labute approximate surface area is 127 Å². The molecule has 2 aromatic carbocycles. The third-order valence-electron chi connectivity index (χ3n) is 3.04. The Kier molecular flexibility index (Phi) is 4.90. The fourth-order valence-electron chi connectivity index (χ4n) is 2.00. The van der Waals surface area contributed by atoms with E-state index in [4.69, 9.17) is 4.74 Å². The number of phenols is 1. The van der Waals surface area contributed by atoms with E-state index in [9.17, 15) is 5.11 Å². The fraction of sp³-hybridized carbons (Fsp3) is 0.250. The summed E-state index contributed by atoms with van der Waals surface area (Å²) in [6.45, 7) is 5.03. The smallest absolute Gasteiger partial charge is 0.162 e. The molecule has 0 atom stereocenters. The molecule has 0 aliphatic heterocycles. The van der Waals surface area contributed by atoms with Crippen molar-refractivity contribution < 1.29 is 9.84 Å². The molecule has 0 unspecified atom stereocenters. The molecule has 106 valence electrons. The number of nitrogens with one attached hydrogen (secondary N) is 1. The van der Waals surface area contributed by atoms with E-state index in [1.54, 1.807) is 6.07 Å². The van der Waals surface area contributed by atoms with E-state index >= 15 is 0 Å². The lowest BCUT2D eigenvalue weighted by molar-refractivity contribution is 0.317. The van der Waals surface area contributed by atoms with Crippen molar-refractivity contribution in [1.82, 2.24) is 0 Å². The molecule has 4 heteroatoms. The Morgan fingerprint density at radius 1 is 1.25 bits per heavy atom. The van der Waals surface area contributed by atoms with Crippen LogP contribution in [-0.2, 0) is 6.54 Å². The summed E-state index contributed by atoms with van der Waals surface area (Å²) in [5, 5.41) is 13.5. The molecule has 0 aliphatic carbocycles. The topological polar surface area (TPSA) is 41.5 Å². The summed E-state index contributed by atoms with van der Waals surface area (Å²) in [5.74, 6) is 0.732. The van der Waals surface area contributed by atoms with Crippen LogP contribution in [0.15, 0.2) is 40.9 Å². The second kappa shape index (κ2) is 6.66. The maximum Gasteiger partial charge on any atom is 0.162 e. The number of rotatable bonds is 5. The van der Waals surface area contributed by atoms with Gasteiger partial charge in [-0.1, -0.05) is 28.1 Å². The number of para-hydroxylation sites is 1. The second-order valence-corrected chi connectivity index (χ2v) is 5.43. The van der Waals surface area contributed by atoms with E-state index in [2.05, 4.69) is 27.3 Å². The van der Waals surface area contributed by atoms with Gasteiger partial charge in [-0.2, -0.15) is 0 Å². The normalized spacial score (nSPS) is 10.3.